The van der Waals surface area contributed by atoms with Crippen LogP contribution in [0.4, 0.5) is 0 Å². The fourth-order valence-electron chi connectivity index (χ4n) is 0. The molecule has 0 amide bonds. The predicted octanol–water partition coefficient (Wildman–Crippen LogP) is 1.49. The Morgan fingerprint density at radius 1 is 2.00 bits per heavy atom. The third-order valence-corrected chi connectivity index (χ3v) is 0.640. The zero-order valence-electron chi connectivity index (χ0n) is 2.77. The number of nitrogens with zero attached hydrogens (tertiary/aromatic N) is 1. The number of thiol groups is 1. The number of hydrogen-bond donors (Lipinski definition) is 1. The minimum Gasteiger partial charge on any atom is -0.212 e. The lowest BCUT2D eigenvalue weighted by Crippen LogP contribution is -1.63. The molecular formula is C2H4ClNS. The summed E-state index contributed by atoms with van der Waals surface area (Å²) in [5.41, 5.74) is 0. The Morgan fingerprint density at radius 2 is 2.20 bits per heavy atom. The van der Waals surface area contributed by atoms with Crippen LogP contribution in [0, 0.1) is 0 Å². The molecule has 0 bridgehead atoms. The Hall–Kier alpha value is 0.310. The van der Waals surface area contributed by atoms with Crippen LogP contribution >= 0.6 is 24.4 Å². The van der Waals surface area contributed by atoms with Crippen molar-refractivity contribution in [3.05, 3.63) is 0 Å². The van der Waals surface area contributed by atoms with E-state index in [1.807, 2.05) is 0 Å². The summed E-state index contributed by atoms with van der Waals surface area (Å²) >= 11 is 8.61. The molecular weight excluding hydrogens is 106 g/mol. The largest absolute Gasteiger partial charge is 0.212 e. The molecule has 0 aromatic carbocycles. The standard InChI is InChI=1S/C2H4ClNS/c1-2(3)4-5/h5H,1H3/b4-2+. The maximum absolute atomic E-state index is 5.14. The molecule has 0 aliphatic rings. The van der Waals surface area contributed by atoms with E-state index in [9.17, 15) is 0 Å². The Bertz CT molecular complexity index is 47.6. The first-order valence-corrected chi connectivity index (χ1v) is 1.89. The van der Waals surface area contributed by atoms with E-state index in [0.29, 0.717) is 5.17 Å². The summed E-state index contributed by atoms with van der Waals surface area (Å²) in [6.45, 7) is 1.66. The highest BCUT2D eigenvalue weighted by molar-refractivity contribution is 7.79. The monoisotopic (exact) mass is 109 g/mol. The molecule has 1 nitrogen and oxygen atoms in total. The fraction of sp³-hybridized carbons (Fsp3) is 0.500. The maximum atomic E-state index is 5.14. The number of halogens is 1. The van der Waals surface area contributed by atoms with Crippen molar-refractivity contribution in [2.75, 3.05) is 0 Å². The second-order valence-corrected chi connectivity index (χ2v) is 1.34. The maximum Gasteiger partial charge on any atom is 0.111 e. The van der Waals surface area contributed by atoms with E-state index in [2.05, 4.69) is 17.2 Å². The molecule has 5 heavy (non-hydrogen) atoms. The molecule has 0 aromatic heterocycles. The lowest BCUT2D eigenvalue weighted by molar-refractivity contribution is 1.87. The van der Waals surface area contributed by atoms with E-state index >= 15 is 0 Å². The van der Waals surface area contributed by atoms with Crippen LogP contribution in [0.3, 0.4) is 0 Å². The van der Waals surface area contributed by atoms with Crippen molar-refractivity contribution in [1.82, 2.24) is 0 Å². The Labute approximate surface area is 41.6 Å². The van der Waals surface area contributed by atoms with E-state index in [0.717, 1.165) is 0 Å². The molecule has 0 aliphatic heterocycles. The molecule has 0 radical (unpaired) electrons. The van der Waals surface area contributed by atoms with Crippen LogP contribution in [-0.2, 0) is 0 Å². The molecule has 3 heteroatoms. The van der Waals surface area contributed by atoms with Gasteiger partial charge in [0, 0.05) is 0 Å². The number of hydrogen-bond acceptors (Lipinski definition) is 2. The van der Waals surface area contributed by atoms with Crippen LogP contribution in [0.5, 0.6) is 0 Å². The van der Waals surface area contributed by atoms with Gasteiger partial charge in [0.05, 0.1) is 0 Å². The second kappa shape index (κ2) is 2.54. The first-order chi connectivity index (χ1) is 2.27. The van der Waals surface area contributed by atoms with Gasteiger partial charge in [0.2, 0.25) is 0 Å². The first-order valence-electron chi connectivity index (χ1n) is 1.11. The van der Waals surface area contributed by atoms with Gasteiger partial charge in [-0.15, -0.1) is 0 Å². The minimum absolute atomic E-state index is 0.466. The molecule has 0 aliphatic carbocycles. The van der Waals surface area contributed by atoms with Gasteiger partial charge >= 0.3 is 0 Å². The summed E-state index contributed by atoms with van der Waals surface area (Å²) in [5, 5.41) is 0.466. The molecule has 30 valence electrons. The van der Waals surface area contributed by atoms with E-state index in [1.54, 1.807) is 6.92 Å². The highest BCUT2D eigenvalue weighted by Crippen LogP contribution is 1.83. The fourth-order valence-corrected chi connectivity index (χ4v) is 0. The SMILES string of the molecule is C/C(Cl)=N\S. The van der Waals surface area contributed by atoms with Crippen molar-refractivity contribution in [2.45, 2.75) is 6.92 Å². The lowest BCUT2D eigenvalue weighted by Gasteiger charge is -1.68. The first kappa shape index (κ1) is 5.31. The molecule has 0 heterocycles. The number of rotatable bonds is 0. The van der Waals surface area contributed by atoms with Crippen molar-refractivity contribution < 1.29 is 0 Å². The average molecular weight is 110 g/mol. The Kier molecular flexibility index (Phi) is 2.70. The van der Waals surface area contributed by atoms with E-state index in [4.69, 9.17) is 11.6 Å². The molecule has 0 atom stereocenters. The minimum atomic E-state index is 0.466. The summed E-state index contributed by atoms with van der Waals surface area (Å²) in [6.07, 6.45) is 0. The van der Waals surface area contributed by atoms with Gasteiger partial charge in [0.15, 0.2) is 0 Å². The van der Waals surface area contributed by atoms with E-state index in [-0.39, 0.29) is 0 Å². The van der Waals surface area contributed by atoms with E-state index in [1.165, 1.54) is 0 Å². The second-order valence-electron chi connectivity index (χ2n) is 0.597. The molecule has 0 spiro atoms. The molecule has 0 aromatic rings. The van der Waals surface area contributed by atoms with Crippen molar-refractivity contribution >= 4 is 29.6 Å². The van der Waals surface area contributed by atoms with Crippen LogP contribution < -0.4 is 0 Å². The van der Waals surface area contributed by atoms with Gasteiger partial charge in [-0.25, -0.2) is 4.40 Å². The average Bonchev–Trinajstić information content (AvgIpc) is 1.38. The Morgan fingerprint density at radius 3 is 2.20 bits per heavy atom. The van der Waals surface area contributed by atoms with E-state index < -0.39 is 0 Å². The highest BCUT2D eigenvalue weighted by atomic mass is 35.5. The van der Waals surface area contributed by atoms with Gasteiger partial charge in [-0.3, -0.25) is 0 Å². The molecule has 0 N–H and O–H groups in total. The molecule has 0 saturated carbocycles. The summed E-state index contributed by atoms with van der Waals surface area (Å²) in [5.74, 6) is 0. The molecule has 0 unspecified atom stereocenters. The van der Waals surface area contributed by atoms with Gasteiger partial charge < -0.3 is 0 Å². The van der Waals surface area contributed by atoms with Gasteiger partial charge in [0.1, 0.15) is 5.17 Å². The van der Waals surface area contributed by atoms with Crippen LogP contribution in [0.15, 0.2) is 4.40 Å². The van der Waals surface area contributed by atoms with Crippen molar-refractivity contribution in [3.63, 3.8) is 0 Å². The topological polar surface area (TPSA) is 12.4 Å². The predicted molar refractivity (Wildman–Crippen MR) is 27.9 cm³/mol. The molecule has 0 saturated heterocycles. The highest BCUT2D eigenvalue weighted by Gasteiger charge is 1.67. The summed E-state index contributed by atoms with van der Waals surface area (Å²) in [6, 6.07) is 0. The third kappa shape index (κ3) is 4.31. The summed E-state index contributed by atoms with van der Waals surface area (Å²) in [4.78, 5) is 0. The van der Waals surface area contributed by atoms with Crippen molar-refractivity contribution in [1.29, 1.82) is 0 Å². The van der Waals surface area contributed by atoms with Gasteiger partial charge in [-0.1, -0.05) is 11.6 Å². The van der Waals surface area contributed by atoms with Crippen molar-refractivity contribution in [3.8, 4) is 0 Å². The lowest BCUT2D eigenvalue weighted by atomic mass is 10.9. The van der Waals surface area contributed by atoms with Crippen LogP contribution in [-0.4, -0.2) is 5.17 Å². The quantitative estimate of drug-likeness (QED) is 0.358. The smallest absolute Gasteiger partial charge is 0.111 e. The van der Waals surface area contributed by atoms with Crippen molar-refractivity contribution in [2.24, 2.45) is 4.40 Å². The normalized spacial score (nSPS) is 12.2. The molecule has 0 rings (SSSR count). The zero-order valence-corrected chi connectivity index (χ0v) is 4.42. The van der Waals surface area contributed by atoms with Gasteiger partial charge in [-0.2, -0.15) is 0 Å². The Balaban J connectivity index is 3.14. The van der Waals surface area contributed by atoms with Gasteiger partial charge in [0.25, 0.3) is 0 Å². The van der Waals surface area contributed by atoms with Crippen LogP contribution in [0.2, 0.25) is 0 Å². The van der Waals surface area contributed by atoms with Gasteiger partial charge in [-0.05, 0) is 19.7 Å². The van der Waals surface area contributed by atoms with Crippen LogP contribution in [0.25, 0.3) is 0 Å². The van der Waals surface area contributed by atoms with Crippen LogP contribution in [0.1, 0.15) is 6.92 Å². The summed E-state index contributed by atoms with van der Waals surface area (Å²) < 4.78 is 3.27. The summed E-state index contributed by atoms with van der Waals surface area (Å²) in [7, 11) is 0. The zero-order chi connectivity index (χ0) is 4.28. The third-order valence-electron chi connectivity index (χ3n) is 0.138. The molecule has 0 fully saturated rings.